The zero-order valence-corrected chi connectivity index (χ0v) is 15.6. The van der Waals surface area contributed by atoms with Crippen molar-refractivity contribution in [2.45, 2.75) is 39.3 Å². The molecule has 0 saturated heterocycles. The molecule has 7 heteroatoms. The van der Waals surface area contributed by atoms with E-state index in [1.807, 2.05) is 48.9 Å². The van der Waals surface area contributed by atoms with Crippen LogP contribution >= 0.6 is 0 Å². The number of hydrogen-bond acceptors (Lipinski definition) is 4. The number of rotatable bonds is 5. The number of hydrogen-bond donors (Lipinski definition) is 3. The van der Waals surface area contributed by atoms with Crippen molar-refractivity contribution in [2.75, 3.05) is 6.54 Å². The van der Waals surface area contributed by atoms with Gasteiger partial charge in [-0.3, -0.25) is 9.89 Å². The lowest BCUT2D eigenvalue weighted by molar-refractivity contribution is 0.0933. The number of carbonyl (C=O) groups excluding carboxylic acids is 1. The number of aryl methyl sites for hydroxylation is 1. The Morgan fingerprint density at radius 3 is 2.96 bits per heavy atom. The fourth-order valence-electron chi connectivity index (χ4n) is 3.56. The molecule has 0 saturated carbocycles. The predicted octanol–water partition coefficient (Wildman–Crippen LogP) is 1.91. The summed E-state index contributed by atoms with van der Waals surface area (Å²) in [6, 6.07) is 12.1. The summed E-state index contributed by atoms with van der Waals surface area (Å²) in [7, 11) is 0. The number of aromatic nitrogens is 4. The maximum absolute atomic E-state index is 12.7. The average molecular weight is 364 g/mol. The highest BCUT2D eigenvalue weighted by Gasteiger charge is 2.23. The van der Waals surface area contributed by atoms with Gasteiger partial charge in [-0.15, -0.1) is 0 Å². The fraction of sp³-hybridized carbons (Fsp3) is 0.350. The minimum absolute atomic E-state index is 0.0417. The van der Waals surface area contributed by atoms with E-state index >= 15 is 0 Å². The Kier molecular flexibility index (Phi) is 4.77. The van der Waals surface area contributed by atoms with Crippen molar-refractivity contribution < 1.29 is 4.79 Å². The van der Waals surface area contributed by atoms with Crippen molar-refractivity contribution in [2.24, 2.45) is 0 Å². The van der Waals surface area contributed by atoms with Gasteiger partial charge < -0.3 is 10.6 Å². The number of aromatic amines is 1. The molecule has 3 heterocycles. The van der Waals surface area contributed by atoms with Crippen molar-refractivity contribution in [3.63, 3.8) is 0 Å². The van der Waals surface area contributed by atoms with Gasteiger partial charge in [0.1, 0.15) is 0 Å². The molecule has 0 radical (unpaired) electrons. The number of amides is 1. The maximum Gasteiger partial charge on any atom is 0.272 e. The first-order valence-corrected chi connectivity index (χ1v) is 9.30. The summed E-state index contributed by atoms with van der Waals surface area (Å²) in [6.45, 7) is 5.58. The molecule has 1 aliphatic heterocycles. The van der Waals surface area contributed by atoms with Gasteiger partial charge in [0.15, 0.2) is 5.69 Å². The Labute approximate surface area is 158 Å². The summed E-state index contributed by atoms with van der Waals surface area (Å²) in [5.41, 5.74) is 5.58. The van der Waals surface area contributed by atoms with E-state index in [9.17, 15) is 4.79 Å². The van der Waals surface area contributed by atoms with Crippen LogP contribution in [0.2, 0.25) is 0 Å². The standard InChI is InChI=1S/C20H24N6O/c1-13(22-20(27)19-17-12-21-9-8-18(17)23-24-19)10-16-11-14(2)25-26(16)15-6-4-3-5-7-15/h3-7,11,13,21H,8-10,12H2,1-2H3,(H,22,27)(H,23,24). The highest BCUT2D eigenvalue weighted by atomic mass is 16.2. The third kappa shape index (κ3) is 3.64. The molecule has 0 spiro atoms. The van der Waals surface area contributed by atoms with E-state index in [-0.39, 0.29) is 11.9 Å². The van der Waals surface area contributed by atoms with E-state index in [1.165, 1.54) is 0 Å². The fourth-order valence-corrected chi connectivity index (χ4v) is 3.56. The topological polar surface area (TPSA) is 87.6 Å². The maximum atomic E-state index is 12.7. The van der Waals surface area contributed by atoms with Gasteiger partial charge in [0, 0.05) is 48.9 Å². The Morgan fingerprint density at radius 2 is 2.15 bits per heavy atom. The van der Waals surface area contributed by atoms with Gasteiger partial charge in [0.25, 0.3) is 5.91 Å². The minimum atomic E-state index is -0.133. The molecular formula is C20H24N6O. The number of benzene rings is 1. The summed E-state index contributed by atoms with van der Waals surface area (Å²) in [5.74, 6) is -0.133. The van der Waals surface area contributed by atoms with Crippen molar-refractivity contribution in [1.29, 1.82) is 0 Å². The van der Waals surface area contributed by atoms with Crippen LogP contribution in [0.5, 0.6) is 0 Å². The highest BCUT2D eigenvalue weighted by molar-refractivity contribution is 5.94. The number of H-pyrrole nitrogens is 1. The molecule has 2 aromatic heterocycles. The van der Waals surface area contributed by atoms with Crippen molar-refractivity contribution in [3.8, 4) is 5.69 Å². The Bertz CT molecular complexity index is 943. The molecule has 3 aromatic rings. The zero-order valence-electron chi connectivity index (χ0n) is 15.6. The lowest BCUT2D eigenvalue weighted by Crippen LogP contribution is -2.36. The van der Waals surface area contributed by atoms with E-state index < -0.39 is 0 Å². The van der Waals surface area contributed by atoms with E-state index in [4.69, 9.17) is 0 Å². The summed E-state index contributed by atoms with van der Waals surface area (Å²) in [6.07, 6.45) is 1.56. The molecule has 0 fully saturated rings. The molecule has 1 atom stereocenters. The third-order valence-electron chi connectivity index (χ3n) is 4.82. The second-order valence-corrected chi connectivity index (χ2v) is 7.06. The number of fused-ring (bicyclic) bond motifs is 1. The molecule has 27 heavy (non-hydrogen) atoms. The molecule has 1 unspecified atom stereocenters. The number of nitrogens with zero attached hydrogens (tertiary/aromatic N) is 3. The van der Waals surface area contributed by atoms with Gasteiger partial charge in [-0.25, -0.2) is 4.68 Å². The Hall–Kier alpha value is -2.93. The van der Waals surface area contributed by atoms with Crippen molar-refractivity contribution >= 4 is 5.91 Å². The zero-order chi connectivity index (χ0) is 18.8. The SMILES string of the molecule is Cc1cc(CC(C)NC(=O)c2n[nH]c3c2CNCC3)n(-c2ccccc2)n1. The molecule has 0 aliphatic carbocycles. The minimum Gasteiger partial charge on any atom is -0.348 e. The van der Waals surface area contributed by atoms with Gasteiger partial charge in [0.05, 0.1) is 11.4 Å². The van der Waals surface area contributed by atoms with Crippen LogP contribution in [0.15, 0.2) is 36.4 Å². The molecule has 1 aromatic carbocycles. The lowest BCUT2D eigenvalue weighted by atomic mass is 10.1. The molecule has 0 bridgehead atoms. The lowest BCUT2D eigenvalue weighted by Gasteiger charge is -2.16. The quantitative estimate of drug-likeness (QED) is 0.645. The summed E-state index contributed by atoms with van der Waals surface area (Å²) in [5, 5.41) is 18.2. The molecule has 3 N–H and O–H groups in total. The highest BCUT2D eigenvalue weighted by Crippen LogP contribution is 2.17. The monoisotopic (exact) mass is 364 g/mol. The molecule has 1 amide bonds. The van der Waals surface area contributed by atoms with Gasteiger partial charge in [-0.2, -0.15) is 10.2 Å². The van der Waals surface area contributed by atoms with Gasteiger partial charge in [-0.1, -0.05) is 18.2 Å². The molecule has 4 rings (SSSR count). The van der Waals surface area contributed by atoms with E-state index in [0.29, 0.717) is 18.7 Å². The molecule has 140 valence electrons. The second-order valence-electron chi connectivity index (χ2n) is 7.06. The van der Waals surface area contributed by atoms with Gasteiger partial charge in [-0.05, 0) is 32.0 Å². The van der Waals surface area contributed by atoms with E-state index in [1.54, 1.807) is 0 Å². The van der Waals surface area contributed by atoms with Crippen LogP contribution in [0, 0.1) is 6.92 Å². The van der Waals surface area contributed by atoms with Gasteiger partial charge in [0.2, 0.25) is 0 Å². The first-order chi connectivity index (χ1) is 13.1. The molecule has 1 aliphatic rings. The van der Waals surface area contributed by atoms with Crippen LogP contribution in [0.3, 0.4) is 0 Å². The van der Waals surface area contributed by atoms with Crippen LogP contribution in [0.25, 0.3) is 5.69 Å². The molecule has 7 nitrogen and oxygen atoms in total. The Balaban J connectivity index is 1.48. The second kappa shape index (κ2) is 7.36. The van der Waals surface area contributed by atoms with Crippen molar-refractivity contribution in [3.05, 3.63) is 64.7 Å². The van der Waals surface area contributed by atoms with Crippen LogP contribution in [0.4, 0.5) is 0 Å². The predicted molar refractivity (Wildman–Crippen MR) is 103 cm³/mol. The normalized spacial score (nSPS) is 14.6. The average Bonchev–Trinajstić information content (AvgIpc) is 3.25. The largest absolute Gasteiger partial charge is 0.348 e. The first-order valence-electron chi connectivity index (χ1n) is 9.30. The summed E-state index contributed by atoms with van der Waals surface area (Å²) in [4.78, 5) is 12.7. The van der Waals surface area contributed by atoms with E-state index in [0.717, 1.165) is 41.3 Å². The summed E-state index contributed by atoms with van der Waals surface area (Å²) >= 11 is 0. The van der Waals surface area contributed by atoms with Crippen LogP contribution in [0.1, 0.15) is 40.1 Å². The smallest absolute Gasteiger partial charge is 0.272 e. The molecular weight excluding hydrogens is 340 g/mol. The van der Waals surface area contributed by atoms with Crippen LogP contribution in [-0.2, 0) is 19.4 Å². The summed E-state index contributed by atoms with van der Waals surface area (Å²) < 4.78 is 1.94. The Morgan fingerprint density at radius 1 is 1.33 bits per heavy atom. The number of nitrogens with one attached hydrogen (secondary N) is 3. The number of para-hydroxylation sites is 1. The van der Waals surface area contributed by atoms with Crippen molar-refractivity contribution in [1.82, 2.24) is 30.6 Å². The van der Waals surface area contributed by atoms with E-state index in [2.05, 4.69) is 32.0 Å². The van der Waals surface area contributed by atoms with Crippen LogP contribution < -0.4 is 10.6 Å². The third-order valence-corrected chi connectivity index (χ3v) is 4.82. The number of carbonyl (C=O) groups is 1. The van der Waals surface area contributed by atoms with Gasteiger partial charge >= 0.3 is 0 Å². The van der Waals surface area contributed by atoms with Crippen LogP contribution in [-0.4, -0.2) is 38.5 Å². The first kappa shape index (κ1) is 17.5.